The van der Waals surface area contributed by atoms with Gasteiger partial charge in [-0.1, -0.05) is 0 Å². The Labute approximate surface area is 158 Å². The van der Waals surface area contributed by atoms with Crippen LogP contribution in [-0.4, -0.2) is 42.1 Å². The number of hydrogen-bond acceptors (Lipinski definition) is 3. The molecule has 1 N–H and O–H groups in total. The third kappa shape index (κ3) is 4.57. The molecule has 2 fully saturated rings. The molecular weight excluding hydrogens is 354 g/mol. The lowest BCUT2D eigenvalue weighted by molar-refractivity contribution is 0.0588. The minimum absolute atomic E-state index is 0.120. The second kappa shape index (κ2) is 8.67. The van der Waals surface area contributed by atoms with Crippen LogP contribution in [0.3, 0.4) is 0 Å². The van der Waals surface area contributed by atoms with Crippen molar-refractivity contribution in [1.29, 1.82) is 0 Å². The molecule has 2 saturated heterocycles. The van der Waals surface area contributed by atoms with E-state index in [9.17, 15) is 18.4 Å². The second-order valence-electron chi connectivity index (χ2n) is 7.36. The van der Waals surface area contributed by atoms with Gasteiger partial charge in [0, 0.05) is 24.2 Å². The molecule has 2 heterocycles. The van der Waals surface area contributed by atoms with Gasteiger partial charge in [-0.3, -0.25) is 4.79 Å². The second-order valence-corrected chi connectivity index (χ2v) is 7.36. The smallest absolute Gasteiger partial charge is 0.410 e. The van der Waals surface area contributed by atoms with E-state index in [-0.39, 0.29) is 23.7 Å². The van der Waals surface area contributed by atoms with Gasteiger partial charge in [-0.15, -0.1) is 0 Å². The zero-order valence-electron chi connectivity index (χ0n) is 15.5. The van der Waals surface area contributed by atoms with E-state index in [1.165, 1.54) is 6.07 Å². The molecule has 2 unspecified atom stereocenters. The number of nitrogens with one attached hydrogen (secondary N) is 1. The first kappa shape index (κ1) is 19.6. The Hall–Kier alpha value is -2.18. The molecule has 2 aliphatic rings. The number of carbonyl (C=O) groups is 2. The van der Waals surface area contributed by atoms with Gasteiger partial charge in [0.1, 0.15) is 0 Å². The average molecular weight is 380 g/mol. The normalized spacial score (nSPS) is 24.0. The molecular formula is C20H26F2N2O3. The monoisotopic (exact) mass is 380 g/mol. The van der Waals surface area contributed by atoms with Gasteiger partial charge < -0.3 is 15.0 Å². The van der Waals surface area contributed by atoms with Gasteiger partial charge in [0.2, 0.25) is 0 Å². The Morgan fingerprint density at radius 1 is 1.19 bits per heavy atom. The molecule has 2 bridgehead atoms. The van der Waals surface area contributed by atoms with Gasteiger partial charge in [0.25, 0.3) is 5.91 Å². The van der Waals surface area contributed by atoms with Crippen LogP contribution in [0.1, 0.15) is 55.8 Å². The summed E-state index contributed by atoms with van der Waals surface area (Å²) in [6.07, 6.45) is 5.63. The van der Waals surface area contributed by atoms with Crippen LogP contribution in [0, 0.1) is 17.6 Å². The van der Waals surface area contributed by atoms with Crippen LogP contribution in [0.5, 0.6) is 0 Å². The highest BCUT2D eigenvalue weighted by atomic mass is 19.2. The number of halogens is 2. The van der Waals surface area contributed by atoms with Crippen molar-refractivity contribution < 1.29 is 23.1 Å². The third-order valence-electron chi connectivity index (χ3n) is 5.57. The Morgan fingerprint density at radius 2 is 1.89 bits per heavy atom. The lowest BCUT2D eigenvalue weighted by Gasteiger charge is -2.38. The Kier molecular flexibility index (Phi) is 6.29. The number of rotatable bonds is 6. The van der Waals surface area contributed by atoms with Crippen LogP contribution in [0.15, 0.2) is 18.2 Å². The van der Waals surface area contributed by atoms with Gasteiger partial charge in [-0.2, -0.15) is 0 Å². The van der Waals surface area contributed by atoms with Crippen molar-refractivity contribution in [3.8, 4) is 0 Å². The fourth-order valence-corrected chi connectivity index (χ4v) is 4.35. The molecule has 0 aliphatic carbocycles. The molecule has 1 aromatic carbocycles. The molecule has 1 aromatic rings. The zero-order valence-corrected chi connectivity index (χ0v) is 15.5. The quantitative estimate of drug-likeness (QED) is 0.762. The summed E-state index contributed by atoms with van der Waals surface area (Å²) >= 11 is 0. The van der Waals surface area contributed by atoms with Crippen molar-refractivity contribution in [2.45, 2.75) is 57.5 Å². The first-order valence-corrected chi connectivity index (χ1v) is 9.68. The van der Waals surface area contributed by atoms with Crippen molar-refractivity contribution in [2.24, 2.45) is 5.92 Å². The van der Waals surface area contributed by atoms with Crippen LogP contribution in [0.25, 0.3) is 0 Å². The van der Waals surface area contributed by atoms with Crippen LogP contribution in [0.2, 0.25) is 0 Å². The van der Waals surface area contributed by atoms with E-state index < -0.39 is 17.5 Å². The number of piperidine rings is 1. The molecule has 0 spiro atoms. The summed E-state index contributed by atoms with van der Waals surface area (Å²) in [6, 6.07) is 3.68. The average Bonchev–Trinajstić information content (AvgIpc) is 2.92. The topological polar surface area (TPSA) is 58.6 Å². The van der Waals surface area contributed by atoms with Crippen LogP contribution < -0.4 is 5.32 Å². The van der Waals surface area contributed by atoms with Gasteiger partial charge >= 0.3 is 6.09 Å². The van der Waals surface area contributed by atoms with Gasteiger partial charge in [0.15, 0.2) is 11.6 Å². The standard InChI is InChI=1S/C20H26F2N2O3/c1-2-27-20(26)24-15-6-7-16(24)11-13(10-15)4-3-9-23-19(25)14-5-8-17(21)18(22)12-14/h5,8,12-13,15-16H,2-4,6-7,9-11H2,1H3,(H,23,25). The minimum atomic E-state index is -1.02. The van der Waals surface area contributed by atoms with E-state index in [0.717, 1.165) is 50.7 Å². The van der Waals surface area contributed by atoms with Gasteiger partial charge in [0.05, 0.1) is 6.61 Å². The van der Waals surface area contributed by atoms with Crippen LogP contribution in [0.4, 0.5) is 13.6 Å². The molecule has 5 nitrogen and oxygen atoms in total. The highest BCUT2D eigenvalue weighted by Crippen LogP contribution is 2.40. The summed E-state index contributed by atoms with van der Waals surface area (Å²) in [5.41, 5.74) is 0.120. The predicted molar refractivity (Wildman–Crippen MR) is 96.3 cm³/mol. The van der Waals surface area contributed by atoms with Gasteiger partial charge in [-0.05, 0) is 69.6 Å². The molecule has 0 saturated carbocycles. The zero-order chi connectivity index (χ0) is 19.4. The Bertz CT molecular complexity index is 684. The maximum Gasteiger partial charge on any atom is 0.410 e. The van der Waals surface area contributed by atoms with E-state index in [1.807, 2.05) is 11.8 Å². The van der Waals surface area contributed by atoms with Crippen LogP contribution >= 0.6 is 0 Å². The number of amides is 2. The van der Waals surface area contributed by atoms with E-state index >= 15 is 0 Å². The summed E-state index contributed by atoms with van der Waals surface area (Å²) in [5.74, 6) is -1.85. The van der Waals surface area contributed by atoms with Gasteiger partial charge in [-0.25, -0.2) is 13.6 Å². The third-order valence-corrected chi connectivity index (χ3v) is 5.57. The SMILES string of the molecule is CCOC(=O)N1C2CCC1CC(CCCNC(=O)c1ccc(F)c(F)c1)C2. The molecule has 2 aliphatic heterocycles. The minimum Gasteiger partial charge on any atom is -0.450 e. The van der Waals surface area contributed by atoms with Crippen LogP contribution in [-0.2, 0) is 4.74 Å². The molecule has 27 heavy (non-hydrogen) atoms. The van der Waals surface area contributed by atoms with Crippen molar-refractivity contribution in [3.05, 3.63) is 35.4 Å². The number of nitrogens with zero attached hydrogens (tertiary/aromatic N) is 1. The summed E-state index contributed by atoms with van der Waals surface area (Å²) in [7, 11) is 0. The van der Waals surface area contributed by atoms with E-state index in [0.29, 0.717) is 19.1 Å². The van der Waals surface area contributed by atoms with Crippen molar-refractivity contribution >= 4 is 12.0 Å². The van der Waals surface area contributed by atoms with Crippen molar-refractivity contribution in [2.75, 3.05) is 13.2 Å². The highest BCUT2D eigenvalue weighted by molar-refractivity contribution is 5.94. The summed E-state index contributed by atoms with van der Waals surface area (Å²) in [6.45, 7) is 2.71. The summed E-state index contributed by atoms with van der Waals surface area (Å²) < 4.78 is 31.3. The molecule has 0 radical (unpaired) electrons. The molecule has 3 rings (SSSR count). The number of hydrogen-bond donors (Lipinski definition) is 1. The highest BCUT2D eigenvalue weighted by Gasteiger charge is 2.43. The number of benzene rings is 1. The van der Waals surface area contributed by atoms with E-state index in [2.05, 4.69) is 5.32 Å². The number of carbonyl (C=O) groups excluding carboxylic acids is 2. The van der Waals surface area contributed by atoms with Crippen molar-refractivity contribution in [3.63, 3.8) is 0 Å². The number of fused-ring (bicyclic) bond motifs is 2. The lowest BCUT2D eigenvalue weighted by atomic mass is 9.87. The number of ether oxygens (including phenoxy) is 1. The lowest BCUT2D eigenvalue weighted by Crippen LogP contribution is -2.46. The summed E-state index contributed by atoms with van der Waals surface area (Å²) in [5, 5.41) is 2.75. The molecule has 7 heteroatoms. The van der Waals surface area contributed by atoms with Crippen molar-refractivity contribution in [1.82, 2.24) is 10.2 Å². The van der Waals surface area contributed by atoms with E-state index in [4.69, 9.17) is 4.74 Å². The summed E-state index contributed by atoms with van der Waals surface area (Å²) in [4.78, 5) is 26.0. The molecule has 0 aromatic heterocycles. The molecule has 148 valence electrons. The largest absolute Gasteiger partial charge is 0.450 e. The fraction of sp³-hybridized carbons (Fsp3) is 0.600. The maximum atomic E-state index is 13.2. The molecule has 2 atom stereocenters. The first-order valence-electron chi connectivity index (χ1n) is 9.68. The molecule has 2 amide bonds. The van der Waals surface area contributed by atoms with E-state index in [1.54, 1.807) is 0 Å². The first-order chi connectivity index (χ1) is 13.0. The predicted octanol–water partition coefficient (Wildman–Crippen LogP) is 3.87. The fourth-order valence-electron chi connectivity index (χ4n) is 4.35. The Balaban J connectivity index is 1.41. The Morgan fingerprint density at radius 3 is 2.52 bits per heavy atom. The maximum absolute atomic E-state index is 13.2.